The Labute approximate surface area is 335 Å². The molecule has 0 atom stereocenters. The molecule has 0 heterocycles. The predicted octanol–water partition coefficient (Wildman–Crippen LogP) is 11.2. The van der Waals surface area contributed by atoms with Crippen LogP contribution in [0.2, 0.25) is 0 Å². The normalized spacial score (nSPS) is 11.7. The van der Waals surface area contributed by atoms with E-state index < -0.39 is 24.9 Å². The molecule has 0 spiro atoms. The first-order valence-corrected chi connectivity index (χ1v) is 21.1. The molecule has 0 fully saturated rings. The summed E-state index contributed by atoms with van der Waals surface area (Å²) in [5.74, 6) is 2.91. The maximum absolute atomic E-state index is 13.8. The van der Waals surface area contributed by atoms with Crippen molar-refractivity contribution in [2.45, 2.75) is 70.1 Å². The Morgan fingerprint density at radius 1 is 0.421 bits per heavy atom. The van der Waals surface area contributed by atoms with Crippen LogP contribution in [0.3, 0.4) is 0 Å². The molecular weight excluding hydrogens is 761 g/mol. The summed E-state index contributed by atoms with van der Waals surface area (Å²) in [4.78, 5) is -1.11. The Balaban J connectivity index is 1.25. The number of methoxy groups -OCH3 is 2. The van der Waals surface area contributed by atoms with Crippen molar-refractivity contribution in [3.63, 3.8) is 0 Å². The monoisotopic (exact) mass is 806 g/mol. The summed E-state index contributed by atoms with van der Waals surface area (Å²) >= 11 is 0. The van der Waals surface area contributed by atoms with E-state index in [0.29, 0.717) is 28.4 Å². The van der Waals surface area contributed by atoms with Crippen LogP contribution in [0.25, 0.3) is 22.3 Å². The van der Waals surface area contributed by atoms with Crippen molar-refractivity contribution in [3.8, 4) is 56.8 Å². The predicted molar refractivity (Wildman–Crippen MR) is 223 cm³/mol. The quantitative estimate of drug-likeness (QED) is 0.127. The maximum Gasteiger partial charge on any atom is 0.298 e. The summed E-state index contributed by atoms with van der Waals surface area (Å²) in [5, 5.41) is 0. The first-order chi connectivity index (χ1) is 26.8. The van der Waals surface area contributed by atoms with Crippen molar-refractivity contribution in [1.82, 2.24) is 0 Å². The van der Waals surface area contributed by atoms with Crippen LogP contribution in [-0.2, 0) is 20.0 Å². The molecule has 6 rings (SSSR count). The molecule has 0 unspecified atom stereocenters. The van der Waals surface area contributed by atoms with Gasteiger partial charge in [-0.2, -0.15) is 8.42 Å². The molecule has 0 saturated heterocycles. The van der Waals surface area contributed by atoms with Gasteiger partial charge >= 0.3 is 0 Å². The van der Waals surface area contributed by atoms with Crippen molar-refractivity contribution >= 4 is 20.0 Å². The molecule has 6 aromatic carbocycles. The van der Waals surface area contributed by atoms with Crippen LogP contribution >= 0.6 is 0 Å². The van der Waals surface area contributed by atoms with E-state index in [-0.39, 0.29) is 15.5 Å². The van der Waals surface area contributed by atoms with Crippen LogP contribution in [0.1, 0.15) is 44.5 Å². The minimum Gasteiger partial charge on any atom is -0.496 e. The second-order valence-corrected chi connectivity index (χ2v) is 17.8. The molecule has 0 amide bonds. The molecule has 0 radical (unpaired) electrons. The summed E-state index contributed by atoms with van der Waals surface area (Å²) in [5.41, 5.74) is 11.3. The molecule has 9 nitrogen and oxygen atoms in total. The summed E-state index contributed by atoms with van der Waals surface area (Å²) in [7, 11) is -5.85. The highest BCUT2D eigenvalue weighted by Gasteiger charge is 2.26. The van der Waals surface area contributed by atoms with E-state index in [0.717, 1.165) is 73.2 Å². The molecule has 6 aromatic rings. The zero-order valence-corrected chi connectivity index (χ0v) is 35.3. The molecule has 0 aromatic heterocycles. The molecule has 0 aliphatic heterocycles. The first kappa shape index (κ1) is 41.0. The number of hydrogen-bond acceptors (Lipinski definition) is 8. The Morgan fingerprint density at radius 3 is 1.11 bits per heavy atom. The smallest absolute Gasteiger partial charge is 0.298 e. The maximum atomic E-state index is 13.8. The number of aryl methyl sites for hydroxylation is 8. The molecule has 0 aliphatic carbocycles. The minimum absolute atomic E-state index is 0.0925. The SMILES string of the molecule is COc1c(C)cc(-c2cc(C)c(Oc3ccc(S(=O)(=O)c4ccc(Oc5c(C)cc(-c6cc(C)c(OC)c(C)c6)cc5C)c(S(=O)(=O)O)c4)cc3)c(C)c2)cc1C. The lowest BCUT2D eigenvalue weighted by Crippen LogP contribution is -2.07. The van der Waals surface area contributed by atoms with E-state index in [1.807, 2.05) is 91.8 Å². The Bertz CT molecular complexity index is 2680. The largest absolute Gasteiger partial charge is 0.496 e. The zero-order valence-electron chi connectivity index (χ0n) is 33.7. The average Bonchev–Trinajstić information content (AvgIpc) is 3.14. The van der Waals surface area contributed by atoms with Crippen LogP contribution in [0, 0.1) is 55.4 Å². The third-order valence-electron chi connectivity index (χ3n) is 9.99. The highest BCUT2D eigenvalue weighted by Crippen LogP contribution is 2.40. The molecule has 57 heavy (non-hydrogen) atoms. The van der Waals surface area contributed by atoms with Gasteiger partial charge in [0, 0.05) is 0 Å². The van der Waals surface area contributed by atoms with E-state index in [1.165, 1.54) is 24.3 Å². The second kappa shape index (κ2) is 15.7. The molecule has 0 aliphatic rings. The van der Waals surface area contributed by atoms with Crippen molar-refractivity contribution in [1.29, 1.82) is 0 Å². The molecule has 1 N–H and O–H groups in total. The number of hydrogen-bond donors (Lipinski definition) is 1. The van der Waals surface area contributed by atoms with Gasteiger partial charge in [0.1, 0.15) is 39.4 Å². The molecular formula is C46H46O9S2. The third kappa shape index (κ3) is 8.27. The molecule has 11 heteroatoms. The third-order valence-corrected chi connectivity index (χ3v) is 12.6. The Morgan fingerprint density at radius 2 is 0.754 bits per heavy atom. The van der Waals surface area contributed by atoms with Crippen LogP contribution in [0.15, 0.2) is 106 Å². The fraction of sp³-hybridized carbons (Fsp3) is 0.217. The summed E-state index contributed by atoms with van der Waals surface area (Å²) in [6.45, 7) is 15.6. The number of benzene rings is 6. The van der Waals surface area contributed by atoms with Gasteiger partial charge in [-0.1, -0.05) is 0 Å². The van der Waals surface area contributed by atoms with E-state index in [4.69, 9.17) is 18.9 Å². The van der Waals surface area contributed by atoms with E-state index >= 15 is 0 Å². The highest BCUT2D eigenvalue weighted by molar-refractivity contribution is 7.91. The number of ether oxygens (including phenoxy) is 4. The molecule has 0 saturated carbocycles. The fourth-order valence-corrected chi connectivity index (χ4v) is 9.43. The van der Waals surface area contributed by atoms with Gasteiger partial charge in [-0.3, -0.25) is 4.55 Å². The first-order valence-electron chi connectivity index (χ1n) is 18.2. The lowest BCUT2D eigenvalue weighted by Gasteiger charge is -2.17. The van der Waals surface area contributed by atoms with Gasteiger partial charge in [-0.15, -0.1) is 0 Å². The lowest BCUT2D eigenvalue weighted by atomic mass is 9.96. The van der Waals surface area contributed by atoms with Gasteiger partial charge in [0.15, 0.2) is 0 Å². The van der Waals surface area contributed by atoms with Gasteiger partial charge in [0.2, 0.25) is 9.84 Å². The van der Waals surface area contributed by atoms with Gasteiger partial charge in [-0.05, 0) is 213 Å². The zero-order chi connectivity index (χ0) is 41.6. The van der Waals surface area contributed by atoms with Crippen molar-refractivity contribution < 1.29 is 40.3 Å². The van der Waals surface area contributed by atoms with E-state index in [9.17, 15) is 21.4 Å². The minimum atomic E-state index is -4.92. The lowest BCUT2D eigenvalue weighted by molar-refractivity contribution is 0.408. The van der Waals surface area contributed by atoms with Gasteiger partial charge in [0.05, 0.1) is 24.0 Å². The summed E-state index contributed by atoms with van der Waals surface area (Å²) in [6, 6.07) is 25.4. The Hall–Kier alpha value is -5.62. The van der Waals surface area contributed by atoms with E-state index in [1.54, 1.807) is 26.4 Å². The molecule has 296 valence electrons. The Kier molecular flexibility index (Phi) is 11.3. The summed E-state index contributed by atoms with van der Waals surface area (Å²) < 4.78 is 86.6. The average molecular weight is 807 g/mol. The second-order valence-electron chi connectivity index (χ2n) is 14.4. The van der Waals surface area contributed by atoms with Crippen LogP contribution in [0.5, 0.6) is 34.5 Å². The van der Waals surface area contributed by atoms with Gasteiger partial charge < -0.3 is 18.9 Å². The van der Waals surface area contributed by atoms with Gasteiger partial charge in [0.25, 0.3) is 10.1 Å². The van der Waals surface area contributed by atoms with Crippen molar-refractivity contribution in [2.75, 3.05) is 14.2 Å². The van der Waals surface area contributed by atoms with Crippen LogP contribution in [-0.4, -0.2) is 35.6 Å². The van der Waals surface area contributed by atoms with Crippen molar-refractivity contribution in [3.05, 3.63) is 136 Å². The van der Waals surface area contributed by atoms with E-state index in [2.05, 4.69) is 12.1 Å². The van der Waals surface area contributed by atoms with Crippen LogP contribution < -0.4 is 18.9 Å². The topological polar surface area (TPSA) is 125 Å². The van der Waals surface area contributed by atoms with Gasteiger partial charge in [-0.25, -0.2) is 8.42 Å². The molecule has 0 bridgehead atoms. The number of rotatable bonds is 11. The fourth-order valence-electron chi connectivity index (χ4n) is 7.43. The van der Waals surface area contributed by atoms with Crippen LogP contribution in [0.4, 0.5) is 0 Å². The van der Waals surface area contributed by atoms with Crippen molar-refractivity contribution in [2.24, 2.45) is 0 Å². The standard InChI is InChI=1S/C46H46O9S2/c1-26-17-34(18-27(2)43(26)52-9)36-21-30(5)45(31(6)22-36)54-38-11-13-39(14-12-38)56(47,48)40-15-16-41(42(25-40)57(49,50)51)55-46-32(7)23-37(24-33(46)8)35-19-28(3)44(53-10)29(4)20-35/h11-25H,1-10H3,(H,49,50,51). The highest BCUT2D eigenvalue weighted by atomic mass is 32.2. The summed E-state index contributed by atoms with van der Waals surface area (Å²) in [6.07, 6.45) is 0. The number of sulfone groups is 1.